The van der Waals surface area contributed by atoms with Crippen LogP contribution in [0.3, 0.4) is 0 Å². The van der Waals surface area contributed by atoms with Crippen molar-refractivity contribution in [3.05, 3.63) is 24.0 Å². The fourth-order valence-corrected chi connectivity index (χ4v) is 1.29. The number of hydrogen-bond acceptors (Lipinski definition) is 4. The van der Waals surface area contributed by atoms with Gasteiger partial charge in [-0.2, -0.15) is 0 Å². The SMILES string of the molecule is CC(C)OCCN(C)c1ccc(C(=O)O)nc1. The highest BCUT2D eigenvalue weighted by molar-refractivity contribution is 5.85. The molecule has 5 nitrogen and oxygen atoms in total. The molecule has 17 heavy (non-hydrogen) atoms. The molecular formula is C12H18N2O3. The van der Waals surface area contributed by atoms with E-state index in [0.29, 0.717) is 6.61 Å². The first-order chi connectivity index (χ1) is 8.00. The maximum Gasteiger partial charge on any atom is 0.354 e. The Bertz CT molecular complexity index is 363. The summed E-state index contributed by atoms with van der Waals surface area (Å²) in [4.78, 5) is 16.5. The minimum Gasteiger partial charge on any atom is -0.477 e. The van der Waals surface area contributed by atoms with E-state index < -0.39 is 5.97 Å². The van der Waals surface area contributed by atoms with Crippen molar-refractivity contribution >= 4 is 11.7 Å². The molecule has 0 fully saturated rings. The summed E-state index contributed by atoms with van der Waals surface area (Å²) < 4.78 is 5.44. The molecule has 0 spiro atoms. The van der Waals surface area contributed by atoms with Gasteiger partial charge < -0.3 is 14.7 Å². The molecule has 1 N–H and O–H groups in total. The van der Waals surface area contributed by atoms with Crippen molar-refractivity contribution in [2.75, 3.05) is 25.1 Å². The molecule has 0 saturated heterocycles. The predicted octanol–water partition coefficient (Wildman–Crippen LogP) is 1.64. The van der Waals surface area contributed by atoms with Crippen molar-refractivity contribution in [1.82, 2.24) is 4.98 Å². The summed E-state index contributed by atoms with van der Waals surface area (Å²) in [6, 6.07) is 3.24. The smallest absolute Gasteiger partial charge is 0.354 e. The second-order valence-corrected chi connectivity index (χ2v) is 4.05. The van der Waals surface area contributed by atoms with Gasteiger partial charge in [-0.15, -0.1) is 0 Å². The molecule has 1 rings (SSSR count). The lowest BCUT2D eigenvalue weighted by molar-refractivity contribution is 0.0690. The average Bonchev–Trinajstić information content (AvgIpc) is 2.28. The number of nitrogens with zero attached hydrogens (tertiary/aromatic N) is 2. The molecular weight excluding hydrogens is 220 g/mol. The molecule has 1 aromatic rings. The second-order valence-electron chi connectivity index (χ2n) is 4.05. The third kappa shape index (κ3) is 4.40. The number of aromatic carboxylic acids is 1. The topological polar surface area (TPSA) is 62.7 Å². The molecule has 0 bridgehead atoms. The van der Waals surface area contributed by atoms with Crippen LogP contribution in [0, 0.1) is 0 Å². The van der Waals surface area contributed by atoms with E-state index in [1.165, 1.54) is 6.07 Å². The molecule has 5 heteroatoms. The molecule has 0 saturated carbocycles. The van der Waals surface area contributed by atoms with Crippen molar-refractivity contribution in [2.45, 2.75) is 20.0 Å². The largest absolute Gasteiger partial charge is 0.477 e. The first-order valence-corrected chi connectivity index (χ1v) is 5.53. The molecule has 1 heterocycles. The normalized spacial score (nSPS) is 10.6. The Kier molecular flexibility index (Phi) is 4.90. The van der Waals surface area contributed by atoms with Gasteiger partial charge in [0, 0.05) is 13.6 Å². The van der Waals surface area contributed by atoms with Crippen molar-refractivity contribution < 1.29 is 14.6 Å². The number of hydrogen-bond donors (Lipinski definition) is 1. The van der Waals surface area contributed by atoms with Crippen LogP contribution in [-0.2, 0) is 4.74 Å². The number of anilines is 1. The zero-order chi connectivity index (χ0) is 12.8. The van der Waals surface area contributed by atoms with Crippen LogP contribution >= 0.6 is 0 Å². The maximum atomic E-state index is 10.6. The third-order valence-corrected chi connectivity index (χ3v) is 2.29. The van der Waals surface area contributed by atoms with Crippen LogP contribution in [-0.4, -0.2) is 42.4 Å². The van der Waals surface area contributed by atoms with Gasteiger partial charge in [0.05, 0.1) is 24.6 Å². The number of carboxylic acids is 1. The predicted molar refractivity (Wildman–Crippen MR) is 65.6 cm³/mol. The quantitative estimate of drug-likeness (QED) is 0.816. The van der Waals surface area contributed by atoms with Gasteiger partial charge in [-0.05, 0) is 26.0 Å². The second kappa shape index (κ2) is 6.20. The lowest BCUT2D eigenvalue weighted by Gasteiger charge is -2.19. The summed E-state index contributed by atoms with van der Waals surface area (Å²) in [5.41, 5.74) is 0.933. The van der Waals surface area contributed by atoms with Crippen molar-refractivity contribution in [1.29, 1.82) is 0 Å². The number of carboxylic acid groups (broad SMARTS) is 1. The zero-order valence-corrected chi connectivity index (χ0v) is 10.4. The van der Waals surface area contributed by atoms with E-state index in [4.69, 9.17) is 9.84 Å². The highest BCUT2D eigenvalue weighted by Gasteiger charge is 2.06. The molecule has 0 aromatic carbocycles. The minimum atomic E-state index is -1.01. The fraction of sp³-hybridized carbons (Fsp3) is 0.500. The van der Waals surface area contributed by atoms with Gasteiger partial charge in [-0.25, -0.2) is 9.78 Å². The van der Waals surface area contributed by atoms with Gasteiger partial charge in [-0.3, -0.25) is 0 Å². The molecule has 0 radical (unpaired) electrons. The summed E-state index contributed by atoms with van der Waals surface area (Å²) >= 11 is 0. The van der Waals surface area contributed by atoms with Crippen LogP contribution in [0.15, 0.2) is 18.3 Å². The molecule has 0 aliphatic carbocycles. The zero-order valence-electron chi connectivity index (χ0n) is 10.4. The Morgan fingerprint density at radius 3 is 2.71 bits per heavy atom. The molecule has 0 aliphatic rings. The van der Waals surface area contributed by atoms with Crippen molar-refractivity contribution in [3.63, 3.8) is 0 Å². The van der Waals surface area contributed by atoms with E-state index >= 15 is 0 Å². The fourth-order valence-electron chi connectivity index (χ4n) is 1.29. The molecule has 0 aliphatic heterocycles. The van der Waals surface area contributed by atoms with Gasteiger partial charge >= 0.3 is 5.97 Å². The Balaban J connectivity index is 2.51. The van der Waals surface area contributed by atoms with E-state index in [0.717, 1.165) is 12.2 Å². The van der Waals surface area contributed by atoms with E-state index in [-0.39, 0.29) is 11.8 Å². The highest BCUT2D eigenvalue weighted by Crippen LogP contribution is 2.11. The number of pyridine rings is 1. The summed E-state index contributed by atoms with van der Waals surface area (Å²) in [7, 11) is 1.92. The number of carbonyl (C=O) groups is 1. The summed E-state index contributed by atoms with van der Waals surface area (Å²) in [6.45, 7) is 5.35. The van der Waals surface area contributed by atoms with Crippen LogP contribution in [0.1, 0.15) is 24.3 Å². The Morgan fingerprint density at radius 1 is 1.53 bits per heavy atom. The average molecular weight is 238 g/mol. The Hall–Kier alpha value is -1.62. The van der Waals surface area contributed by atoms with E-state index in [9.17, 15) is 4.79 Å². The first-order valence-electron chi connectivity index (χ1n) is 5.53. The number of rotatable bonds is 6. The van der Waals surface area contributed by atoms with Crippen LogP contribution in [0.25, 0.3) is 0 Å². The number of ether oxygens (including phenoxy) is 1. The van der Waals surface area contributed by atoms with Gasteiger partial charge in [0.1, 0.15) is 5.69 Å². The third-order valence-electron chi connectivity index (χ3n) is 2.29. The molecule has 1 aromatic heterocycles. The molecule has 0 amide bonds. The van der Waals surface area contributed by atoms with Crippen LogP contribution in [0.4, 0.5) is 5.69 Å². The van der Waals surface area contributed by atoms with Crippen molar-refractivity contribution in [2.24, 2.45) is 0 Å². The van der Waals surface area contributed by atoms with Gasteiger partial charge in [0.2, 0.25) is 0 Å². The summed E-state index contributed by atoms with van der Waals surface area (Å²) in [5.74, 6) is -1.01. The highest BCUT2D eigenvalue weighted by atomic mass is 16.5. The Labute approximate surface area is 101 Å². The lowest BCUT2D eigenvalue weighted by atomic mass is 10.3. The maximum absolute atomic E-state index is 10.6. The van der Waals surface area contributed by atoms with Gasteiger partial charge in [-0.1, -0.05) is 0 Å². The molecule has 0 atom stereocenters. The minimum absolute atomic E-state index is 0.0561. The van der Waals surface area contributed by atoms with Gasteiger partial charge in [0.25, 0.3) is 0 Å². The van der Waals surface area contributed by atoms with Crippen LogP contribution in [0.2, 0.25) is 0 Å². The van der Waals surface area contributed by atoms with E-state index in [1.54, 1.807) is 12.3 Å². The Morgan fingerprint density at radius 2 is 2.24 bits per heavy atom. The van der Waals surface area contributed by atoms with Gasteiger partial charge in [0.15, 0.2) is 0 Å². The monoisotopic (exact) mass is 238 g/mol. The number of likely N-dealkylation sites (N-methyl/N-ethyl adjacent to an activating group) is 1. The molecule has 0 unspecified atom stereocenters. The summed E-state index contributed by atoms with van der Waals surface area (Å²) in [6.07, 6.45) is 1.77. The van der Waals surface area contributed by atoms with Crippen LogP contribution in [0.5, 0.6) is 0 Å². The lowest BCUT2D eigenvalue weighted by Crippen LogP contribution is -2.24. The summed E-state index contributed by atoms with van der Waals surface area (Å²) in [5, 5.41) is 8.72. The van der Waals surface area contributed by atoms with E-state index in [2.05, 4.69) is 4.98 Å². The first kappa shape index (κ1) is 13.4. The number of aromatic nitrogens is 1. The van der Waals surface area contributed by atoms with E-state index in [1.807, 2.05) is 25.8 Å². The van der Waals surface area contributed by atoms with Crippen LogP contribution < -0.4 is 4.90 Å². The van der Waals surface area contributed by atoms with Crippen molar-refractivity contribution in [3.8, 4) is 0 Å². The standard InChI is InChI=1S/C12H18N2O3/c1-9(2)17-7-6-14(3)10-4-5-11(12(15)16)13-8-10/h4-5,8-9H,6-7H2,1-3H3,(H,15,16). The molecule has 94 valence electrons.